The van der Waals surface area contributed by atoms with Crippen LogP contribution in [0.1, 0.15) is 5.56 Å². The third kappa shape index (κ3) is 3.01. The second kappa shape index (κ2) is 5.38. The molecule has 7 heteroatoms. The maximum atomic E-state index is 13.4. The topological polar surface area (TPSA) is 68.1 Å². The molecule has 0 fully saturated rings. The fraction of sp³-hybridized carbons (Fsp3) is 0.0833. The molecule has 0 aliphatic rings. The molecule has 1 aromatic heterocycles. The molecule has 19 heavy (non-hydrogen) atoms. The Morgan fingerprint density at radius 3 is 2.79 bits per heavy atom. The number of anilines is 1. The van der Waals surface area contributed by atoms with Crippen LogP contribution in [0.2, 0.25) is 0 Å². The quantitative estimate of drug-likeness (QED) is 0.681. The summed E-state index contributed by atoms with van der Waals surface area (Å²) < 4.78 is 26.1. The van der Waals surface area contributed by atoms with Gasteiger partial charge in [-0.3, -0.25) is 10.1 Å². The van der Waals surface area contributed by atoms with Crippen LogP contribution < -0.4 is 5.32 Å². The minimum absolute atomic E-state index is 0.0238. The first-order valence-electron chi connectivity index (χ1n) is 5.35. The highest BCUT2D eigenvalue weighted by Gasteiger charge is 2.14. The number of halogens is 2. The van der Waals surface area contributed by atoms with Gasteiger partial charge in [-0.15, -0.1) is 0 Å². The molecular formula is C12H9F2N3O2. The van der Waals surface area contributed by atoms with Crippen molar-refractivity contribution in [2.45, 2.75) is 6.54 Å². The lowest BCUT2D eigenvalue weighted by atomic mass is 10.2. The van der Waals surface area contributed by atoms with Gasteiger partial charge in [-0.05, 0) is 12.1 Å². The number of hydrogen-bond donors (Lipinski definition) is 1. The van der Waals surface area contributed by atoms with Gasteiger partial charge in [-0.25, -0.2) is 13.8 Å². The Morgan fingerprint density at radius 2 is 2.11 bits per heavy atom. The van der Waals surface area contributed by atoms with Gasteiger partial charge in [0.25, 0.3) is 0 Å². The first-order chi connectivity index (χ1) is 9.08. The first kappa shape index (κ1) is 12.9. The minimum Gasteiger partial charge on any atom is -0.360 e. The van der Waals surface area contributed by atoms with E-state index in [0.29, 0.717) is 0 Å². The van der Waals surface area contributed by atoms with E-state index in [1.807, 2.05) is 0 Å². The van der Waals surface area contributed by atoms with Gasteiger partial charge in [0, 0.05) is 30.4 Å². The number of hydrogen-bond acceptors (Lipinski definition) is 4. The summed E-state index contributed by atoms with van der Waals surface area (Å²) >= 11 is 0. The van der Waals surface area contributed by atoms with Crippen molar-refractivity contribution in [2.75, 3.05) is 5.32 Å². The maximum Gasteiger partial charge on any atom is 0.311 e. The summed E-state index contributed by atoms with van der Waals surface area (Å²) in [5.74, 6) is -1.35. The SMILES string of the molecule is O=[N+]([O-])c1cccnc1NCc1ccc(F)cc1F. The molecule has 0 radical (unpaired) electrons. The molecular weight excluding hydrogens is 256 g/mol. The average molecular weight is 265 g/mol. The van der Waals surface area contributed by atoms with Crippen molar-refractivity contribution >= 4 is 11.5 Å². The van der Waals surface area contributed by atoms with Crippen LogP contribution in [0.3, 0.4) is 0 Å². The summed E-state index contributed by atoms with van der Waals surface area (Å²) in [6, 6.07) is 5.86. The van der Waals surface area contributed by atoms with E-state index in [9.17, 15) is 18.9 Å². The zero-order valence-corrected chi connectivity index (χ0v) is 9.64. The van der Waals surface area contributed by atoms with Gasteiger partial charge in [-0.1, -0.05) is 6.07 Å². The van der Waals surface area contributed by atoms with E-state index in [1.54, 1.807) is 0 Å². The number of pyridine rings is 1. The van der Waals surface area contributed by atoms with Gasteiger partial charge in [0.2, 0.25) is 5.82 Å². The smallest absolute Gasteiger partial charge is 0.311 e. The summed E-state index contributed by atoms with van der Waals surface area (Å²) in [5.41, 5.74) is -0.00799. The number of nitro groups is 1. The van der Waals surface area contributed by atoms with Gasteiger partial charge >= 0.3 is 5.69 Å². The van der Waals surface area contributed by atoms with E-state index in [1.165, 1.54) is 24.4 Å². The number of nitrogens with zero attached hydrogens (tertiary/aromatic N) is 2. The van der Waals surface area contributed by atoms with E-state index in [0.717, 1.165) is 12.1 Å². The molecule has 0 aliphatic carbocycles. The third-order valence-electron chi connectivity index (χ3n) is 2.44. The summed E-state index contributed by atoms with van der Waals surface area (Å²) in [4.78, 5) is 14.0. The fourth-order valence-corrected chi connectivity index (χ4v) is 1.52. The van der Waals surface area contributed by atoms with Crippen LogP contribution in [0.15, 0.2) is 36.5 Å². The zero-order valence-electron chi connectivity index (χ0n) is 9.64. The normalized spacial score (nSPS) is 10.2. The molecule has 0 bridgehead atoms. The molecule has 0 spiro atoms. The van der Waals surface area contributed by atoms with E-state index in [2.05, 4.69) is 10.3 Å². The molecule has 1 N–H and O–H groups in total. The lowest BCUT2D eigenvalue weighted by molar-refractivity contribution is -0.384. The van der Waals surface area contributed by atoms with Gasteiger partial charge in [-0.2, -0.15) is 0 Å². The molecule has 0 unspecified atom stereocenters. The van der Waals surface area contributed by atoms with Crippen molar-refractivity contribution in [3.05, 3.63) is 63.8 Å². The Balaban J connectivity index is 2.17. The monoisotopic (exact) mass is 265 g/mol. The largest absolute Gasteiger partial charge is 0.360 e. The van der Waals surface area contributed by atoms with Crippen molar-refractivity contribution < 1.29 is 13.7 Å². The fourth-order valence-electron chi connectivity index (χ4n) is 1.52. The average Bonchev–Trinajstić information content (AvgIpc) is 2.38. The zero-order chi connectivity index (χ0) is 13.8. The van der Waals surface area contributed by atoms with E-state index >= 15 is 0 Å². The van der Waals surface area contributed by atoms with Crippen LogP contribution in [0.25, 0.3) is 0 Å². The van der Waals surface area contributed by atoms with Crippen LogP contribution in [0.5, 0.6) is 0 Å². The summed E-state index contributed by atoms with van der Waals surface area (Å²) in [7, 11) is 0. The Hall–Kier alpha value is -2.57. The molecule has 0 saturated carbocycles. The van der Waals surface area contributed by atoms with E-state index in [-0.39, 0.29) is 23.6 Å². The Morgan fingerprint density at radius 1 is 1.32 bits per heavy atom. The number of benzene rings is 1. The van der Waals surface area contributed by atoms with Gasteiger partial charge < -0.3 is 5.32 Å². The molecule has 1 aromatic carbocycles. The predicted molar refractivity (Wildman–Crippen MR) is 64.6 cm³/mol. The lowest BCUT2D eigenvalue weighted by Gasteiger charge is -2.06. The molecule has 2 aromatic rings. The molecule has 1 heterocycles. The molecule has 0 atom stereocenters. The van der Waals surface area contributed by atoms with Gasteiger partial charge in [0.15, 0.2) is 0 Å². The van der Waals surface area contributed by atoms with Crippen LogP contribution in [0.4, 0.5) is 20.3 Å². The summed E-state index contributed by atoms with van der Waals surface area (Å²) in [5, 5.41) is 13.4. The Bertz CT molecular complexity index is 620. The summed E-state index contributed by atoms with van der Waals surface area (Å²) in [6.07, 6.45) is 1.39. The van der Waals surface area contributed by atoms with Crippen LogP contribution in [0, 0.1) is 21.7 Å². The second-order valence-electron chi connectivity index (χ2n) is 3.72. The Labute approximate surface area is 107 Å². The molecule has 98 valence electrons. The highest BCUT2D eigenvalue weighted by molar-refractivity contribution is 5.55. The van der Waals surface area contributed by atoms with Crippen molar-refractivity contribution in [3.63, 3.8) is 0 Å². The summed E-state index contributed by atoms with van der Waals surface area (Å²) in [6.45, 7) is -0.0238. The van der Waals surface area contributed by atoms with E-state index < -0.39 is 16.6 Å². The number of aromatic nitrogens is 1. The second-order valence-corrected chi connectivity index (χ2v) is 3.72. The predicted octanol–water partition coefficient (Wildman–Crippen LogP) is 2.88. The van der Waals surface area contributed by atoms with Crippen molar-refractivity contribution in [2.24, 2.45) is 0 Å². The van der Waals surface area contributed by atoms with Crippen molar-refractivity contribution in [1.29, 1.82) is 0 Å². The minimum atomic E-state index is -0.717. The van der Waals surface area contributed by atoms with E-state index in [4.69, 9.17) is 0 Å². The van der Waals surface area contributed by atoms with Crippen molar-refractivity contribution in [3.8, 4) is 0 Å². The van der Waals surface area contributed by atoms with Crippen molar-refractivity contribution in [1.82, 2.24) is 4.98 Å². The Kier molecular flexibility index (Phi) is 3.65. The molecule has 0 aliphatic heterocycles. The third-order valence-corrected chi connectivity index (χ3v) is 2.44. The molecule has 0 saturated heterocycles. The van der Waals surface area contributed by atoms with Gasteiger partial charge in [0.05, 0.1) is 4.92 Å². The highest BCUT2D eigenvalue weighted by Crippen LogP contribution is 2.21. The molecule has 5 nitrogen and oxygen atoms in total. The first-order valence-corrected chi connectivity index (χ1v) is 5.35. The van der Waals surface area contributed by atoms with Crippen LogP contribution >= 0.6 is 0 Å². The van der Waals surface area contributed by atoms with Crippen LogP contribution in [-0.4, -0.2) is 9.91 Å². The maximum absolute atomic E-state index is 13.4. The number of nitrogens with one attached hydrogen (secondary N) is 1. The standard InChI is InChI=1S/C12H9F2N3O2/c13-9-4-3-8(10(14)6-9)7-16-12-11(17(18)19)2-1-5-15-12/h1-6H,7H2,(H,15,16). The number of rotatable bonds is 4. The molecule has 2 rings (SSSR count). The van der Waals surface area contributed by atoms with Gasteiger partial charge in [0.1, 0.15) is 11.6 Å². The molecule has 0 amide bonds. The highest BCUT2D eigenvalue weighted by atomic mass is 19.1. The lowest BCUT2D eigenvalue weighted by Crippen LogP contribution is -2.06. The van der Waals surface area contributed by atoms with Crippen LogP contribution in [-0.2, 0) is 6.54 Å².